The number of hydrogen-bond acceptors (Lipinski definition) is 6. The van der Waals surface area contributed by atoms with Crippen LogP contribution in [0.5, 0.6) is 0 Å². The summed E-state index contributed by atoms with van der Waals surface area (Å²) in [4.78, 5) is 8.47. The fourth-order valence-corrected chi connectivity index (χ4v) is 3.51. The van der Waals surface area contributed by atoms with Gasteiger partial charge in [-0.2, -0.15) is 18.2 Å². The maximum Gasteiger partial charge on any atom is 0.416 e. The molecule has 11 heteroatoms. The number of hydrogen-bond donors (Lipinski definition) is 3. The Labute approximate surface area is 161 Å². The summed E-state index contributed by atoms with van der Waals surface area (Å²) < 4.78 is 64.2. The molecule has 0 spiro atoms. The zero-order valence-electron chi connectivity index (χ0n) is 15.5. The lowest BCUT2D eigenvalue weighted by Gasteiger charge is -2.11. The fraction of sp³-hybridized carbons (Fsp3) is 0.412. The molecule has 1 aromatic heterocycles. The predicted octanol–water partition coefficient (Wildman–Crippen LogP) is 2.77. The van der Waals surface area contributed by atoms with Crippen molar-refractivity contribution in [2.24, 2.45) is 0 Å². The standard InChI is InChI=1S/C17H22F3N5O2S/c1-3-21-15-10-12(2)24-16(25-15)22-8-9-23-28(26,27)11-13-4-6-14(7-5-13)17(18,19)20/h4-7,10,23H,3,8-9,11H2,1-2H3,(H2,21,22,24,25). The zero-order chi connectivity index (χ0) is 20.8. The molecular weight excluding hydrogens is 395 g/mol. The molecule has 0 aliphatic rings. The summed E-state index contributed by atoms with van der Waals surface area (Å²) in [5.41, 5.74) is 0.211. The van der Waals surface area contributed by atoms with Gasteiger partial charge in [-0.25, -0.2) is 18.1 Å². The summed E-state index contributed by atoms with van der Waals surface area (Å²) in [5, 5.41) is 6.00. The fourth-order valence-electron chi connectivity index (χ4n) is 2.36. The lowest BCUT2D eigenvalue weighted by Crippen LogP contribution is -2.30. The van der Waals surface area contributed by atoms with Crippen LogP contribution in [0.4, 0.5) is 24.9 Å². The minimum absolute atomic E-state index is 0.0802. The maximum absolute atomic E-state index is 12.5. The summed E-state index contributed by atoms with van der Waals surface area (Å²) in [6.45, 7) is 4.80. The molecule has 1 aromatic carbocycles. The second-order valence-electron chi connectivity index (χ2n) is 6.02. The minimum atomic E-state index is -4.45. The van der Waals surface area contributed by atoms with Crippen LogP contribution in [0.3, 0.4) is 0 Å². The van der Waals surface area contributed by atoms with Crippen molar-refractivity contribution in [1.82, 2.24) is 14.7 Å². The molecule has 0 aliphatic heterocycles. The molecule has 2 aromatic rings. The van der Waals surface area contributed by atoms with E-state index in [9.17, 15) is 21.6 Å². The molecular formula is C17H22F3N5O2S. The molecule has 28 heavy (non-hydrogen) atoms. The Morgan fingerprint density at radius 1 is 1.04 bits per heavy atom. The van der Waals surface area contributed by atoms with Gasteiger partial charge in [-0.1, -0.05) is 12.1 Å². The van der Waals surface area contributed by atoms with Crippen molar-refractivity contribution in [3.05, 3.63) is 47.2 Å². The molecule has 3 N–H and O–H groups in total. The van der Waals surface area contributed by atoms with Crippen LogP contribution < -0.4 is 15.4 Å². The highest BCUT2D eigenvalue weighted by Crippen LogP contribution is 2.29. The summed E-state index contributed by atoms with van der Waals surface area (Å²) in [5.74, 6) is 0.634. The third kappa shape index (κ3) is 6.97. The summed E-state index contributed by atoms with van der Waals surface area (Å²) in [7, 11) is -3.69. The van der Waals surface area contributed by atoms with E-state index in [1.165, 1.54) is 0 Å². The van der Waals surface area contributed by atoms with Gasteiger partial charge in [0.15, 0.2) is 0 Å². The first-order chi connectivity index (χ1) is 13.1. The van der Waals surface area contributed by atoms with Gasteiger partial charge in [0.25, 0.3) is 0 Å². The molecule has 0 bridgehead atoms. The van der Waals surface area contributed by atoms with E-state index in [0.717, 1.165) is 30.0 Å². The summed E-state index contributed by atoms with van der Waals surface area (Å²) >= 11 is 0. The molecule has 0 atom stereocenters. The van der Waals surface area contributed by atoms with Crippen molar-refractivity contribution in [3.63, 3.8) is 0 Å². The van der Waals surface area contributed by atoms with E-state index in [1.807, 2.05) is 13.8 Å². The van der Waals surface area contributed by atoms with Gasteiger partial charge < -0.3 is 10.6 Å². The van der Waals surface area contributed by atoms with Crippen molar-refractivity contribution in [2.45, 2.75) is 25.8 Å². The van der Waals surface area contributed by atoms with E-state index in [0.29, 0.717) is 18.3 Å². The van der Waals surface area contributed by atoms with Crippen LogP contribution in [0.1, 0.15) is 23.7 Å². The first-order valence-electron chi connectivity index (χ1n) is 8.56. The molecule has 0 amide bonds. The highest BCUT2D eigenvalue weighted by atomic mass is 32.2. The monoisotopic (exact) mass is 417 g/mol. The first kappa shape index (κ1) is 21.9. The van der Waals surface area contributed by atoms with Gasteiger partial charge in [0.2, 0.25) is 16.0 Å². The third-order valence-corrected chi connectivity index (χ3v) is 4.94. The van der Waals surface area contributed by atoms with E-state index in [-0.39, 0.29) is 18.7 Å². The van der Waals surface area contributed by atoms with Crippen LogP contribution >= 0.6 is 0 Å². The van der Waals surface area contributed by atoms with Crippen molar-refractivity contribution in [2.75, 3.05) is 30.3 Å². The lowest BCUT2D eigenvalue weighted by atomic mass is 10.1. The molecule has 1 heterocycles. The van der Waals surface area contributed by atoms with Gasteiger partial charge in [-0.05, 0) is 31.5 Å². The Balaban J connectivity index is 1.85. The molecule has 0 aliphatic carbocycles. The van der Waals surface area contributed by atoms with E-state index < -0.39 is 27.5 Å². The lowest BCUT2D eigenvalue weighted by molar-refractivity contribution is -0.137. The second-order valence-corrected chi connectivity index (χ2v) is 7.83. The van der Waals surface area contributed by atoms with Gasteiger partial charge >= 0.3 is 6.18 Å². The molecule has 7 nitrogen and oxygen atoms in total. The van der Waals surface area contributed by atoms with Gasteiger partial charge in [-0.3, -0.25) is 0 Å². The minimum Gasteiger partial charge on any atom is -0.370 e. The molecule has 0 saturated carbocycles. The normalized spacial score (nSPS) is 12.0. The van der Waals surface area contributed by atoms with E-state index in [1.54, 1.807) is 6.07 Å². The van der Waals surface area contributed by atoms with Crippen LogP contribution in [-0.4, -0.2) is 38.0 Å². The molecule has 0 unspecified atom stereocenters. The number of aromatic nitrogens is 2. The van der Waals surface area contributed by atoms with E-state index in [4.69, 9.17) is 0 Å². The predicted molar refractivity (Wildman–Crippen MR) is 101 cm³/mol. The zero-order valence-corrected chi connectivity index (χ0v) is 16.3. The van der Waals surface area contributed by atoms with Gasteiger partial charge in [0, 0.05) is 31.4 Å². The van der Waals surface area contributed by atoms with Crippen LogP contribution in [0, 0.1) is 6.92 Å². The number of anilines is 2. The average molecular weight is 417 g/mol. The second kappa shape index (κ2) is 9.20. The van der Waals surface area contributed by atoms with Crippen molar-refractivity contribution >= 4 is 21.8 Å². The SMILES string of the molecule is CCNc1cc(C)nc(NCCNS(=O)(=O)Cc2ccc(C(F)(F)F)cc2)n1. The van der Waals surface area contributed by atoms with E-state index >= 15 is 0 Å². The first-order valence-corrected chi connectivity index (χ1v) is 10.2. The highest BCUT2D eigenvalue weighted by Gasteiger charge is 2.30. The largest absolute Gasteiger partial charge is 0.416 e. The summed E-state index contributed by atoms with van der Waals surface area (Å²) in [6, 6.07) is 5.83. The number of aryl methyl sites for hydroxylation is 1. The van der Waals surface area contributed by atoms with Crippen LogP contribution in [0.15, 0.2) is 30.3 Å². The van der Waals surface area contributed by atoms with Crippen LogP contribution in [0.2, 0.25) is 0 Å². The van der Waals surface area contributed by atoms with Gasteiger partial charge in [-0.15, -0.1) is 0 Å². The number of benzene rings is 1. The molecule has 0 fully saturated rings. The Morgan fingerprint density at radius 2 is 1.71 bits per heavy atom. The number of sulfonamides is 1. The smallest absolute Gasteiger partial charge is 0.370 e. The number of alkyl halides is 3. The quantitative estimate of drug-likeness (QED) is 0.543. The summed E-state index contributed by atoms with van der Waals surface area (Å²) in [6.07, 6.45) is -4.45. The third-order valence-electron chi connectivity index (χ3n) is 3.58. The van der Waals surface area contributed by atoms with Crippen molar-refractivity contribution in [1.29, 1.82) is 0 Å². The maximum atomic E-state index is 12.5. The van der Waals surface area contributed by atoms with Gasteiger partial charge in [0.05, 0.1) is 11.3 Å². The number of nitrogens with zero attached hydrogens (tertiary/aromatic N) is 2. The Hall–Kier alpha value is -2.40. The van der Waals surface area contributed by atoms with E-state index in [2.05, 4.69) is 25.3 Å². The van der Waals surface area contributed by atoms with Crippen LogP contribution in [0.25, 0.3) is 0 Å². The molecule has 2 rings (SSSR count). The van der Waals surface area contributed by atoms with Crippen molar-refractivity contribution in [3.8, 4) is 0 Å². The van der Waals surface area contributed by atoms with Crippen LogP contribution in [-0.2, 0) is 22.0 Å². The molecule has 0 radical (unpaired) electrons. The molecule has 154 valence electrons. The van der Waals surface area contributed by atoms with Crippen molar-refractivity contribution < 1.29 is 21.6 Å². The Kier molecular flexibility index (Phi) is 7.19. The average Bonchev–Trinajstić information content (AvgIpc) is 2.58. The number of rotatable bonds is 9. The van der Waals surface area contributed by atoms with Gasteiger partial charge in [0.1, 0.15) is 5.82 Å². The Bertz CT molecular complexity index is 887. The number of nitrogens with one attached hydrogen (secondary N) is 3. The number of halogens is 3. The Morgan fingerprint density at radius 3 is 2.32 bits per heavy atom. The highest BCUT2D eigenvalue weighted by molar-refractivity contribution is 7.88. The topological polar surface area (TPSA) is 96.0 Å². The molecule has 0 saturated heterocycles.